The van der Waals surface area contributed by atoms with E-state index in [0.717, 1.165) is 16.3 Å². The van der Waals surface area contributed by atoms with Gasteiger partial charge in [-0.3, -0.25) is 9.78 Å². The first-order chi connectivity index (χ1) is 13.6. The Labute approximate surface area is 164 Å². The molecule has 8 heteroatoms. The van der Waals surface area contributed by atoms with E-state index in [9.17, 15) is 9.59 Å². The number of aromatic amines is 1. The van der Waals surface area contributed by atoms with Crippen LogP contribution in [0, 0.1) is 0 Å². The van der Waals surface area contributed by atoms with Gasteiger partial charge in [0, 0.05) is 29.5 Å². The Balaban J connectivity index is 1.39. The third kappa shape index (κ3) is 3.81. The molecule has 0 fully saturated rings. The molecule has 0 saturated heterocycles. The molecule has 7 nitrogen and oxygen atoms in total. The molecule has 2 N–H and O–H groups in total. The molecule has 2 aromatic carbocycles. The molecule has 4 rings (SSSR count). The molecule has 0 spiro atoms. The minimum absolute atomic E-state index is 0.149. The molecule has 142 valence electrons. The zero-order valence-corrected chi connectivity index (χ0v) is 15.8. The molecule has 0 atom stereocenters. The second-order valence-corrected chi connectivity index (χ2v) is 7.03. The molecule has 0 unspecified atom stereocenters. The molecular formula is C20H17N3O4S. The smallest absolute Gasteiger partial charge is 0.417 e. The number of fused-ring (bicyclic) bond motifs is 1. The maximum absolute atomic E-state index is 12.2. The highest BCUT2D eigenvalue weighted by Gasteiger charge is 2.10. The van der Waals surface area contributed by atoms with E-state index in [1.54, 1.807) is 43.5 Å². The van der Waals surface area contributed by atoms with Crippen molar-refractivity contribution in [3.05, 3.63) is 69.0 Å². The number of amides is 1. The SMILES string of the molecule is COc1cccc(C(=O)NCCc2nc(-c3ccc4[nH]c(=O)oc4c3)cs2)c1. The first-order valence-electron chi connectivity index (χ1n) is 8.62. The number of rotatable bonds is 6. The normalized spacial score (nSPS) is 10.9. The van der Waals surface area contributed by atoms with Gasteiger partial charge in [-0.15, -0.1) is 11.3 Å². The highest BCUT2D eigenvalue weighted by molar-refractivity contribution is 7.09. The van der Waals surface area contributed by atoms with Gasteiger partial charge in [0.25, 0.3) is 5.91 Å². The minimum atomic E-state index is -0.474. The van der Waals surface area contributed by atoms with Crippen molar-refractivity contribution in [2.24, 2.45) is 0 Å². The Morgan fingerprint density at radius 2 is 2.18 bits per heavy atom. The molecule has 1 amide bonds. The van der Waals surface area contributed by atoms with Crippen LogP contribution in [0.5, 0.6) is 5.75 Å². The van der Waals surface area contributed by atoms with Gasteiger partial charge in [0.2, 0.25) is 0 Å². The van der Waals surface area contributed by atoms with Crippen molar-refractivity contribution in [2.45, 2.75) is 6.42 Å². The third-order valence-corrected chi connectivity index (χ3v) is 5.13. The van der Waals surface area contributed by atoms with Gasteiger partial charge in [0.05, 0.1) is 23.3 Å². The van der Waals surface area contributed by atoms with Gasteiger partial charge in [-0.2, -0.15) is 0 Å². The Hall–Kier alpha value is -3.39. The number of hydrogen-bond donors (Lipinski definition) is 2. The summed E-state index contributed by atoms with van der Waals surface area (Å²) < 4.78 is 10.2. The van der Waals surface area contributed by atoms with Gasteiger partial charge >= 0.3 is 5.76 Å². The predicted octanol–water partition coefficient (Wildman–Crippen LogP) is 3.23. The molecule has 0 aliphatic heterocycles. The number of carbonyl (C=O) groups excluding carboxylic acids is 1. The number of oxazole rings is 1. The van der Waals surface area contributed by atoms with E-state index in [0.29, 0.717) is 35.4 Å². The molecule has 0 bridgehead atoms. The maximum atomic E-state index is 12.2. The van der Waals surface area contributed by atoms with Gasteiger partial charge in [-0.05, 0) is 30.3 Å². The monoisotopic (exact) mass is 395 g/mol. The summed E-state index contributed by atoms with van der Waals surface area (Å²) >= 11 is 1.53. The van der Waals surface area contributed by atoms with Gasteiger partial charge in [-0.25, -0.2) is 9.78 Å². The Morgan fingerprint density at radius 3 is 3.04 bits per heavy atom. The standard InChI is InChI=1S/C20H17N3O4S/c1-26-14-4-2-3-13(9-14)19(24)21-8-7-18-22-16(11-28-18)12-5-6-15-17(10-12)27-20(25)23-15/h2-6,9-11H,7-8H2,1H3,(H,21,24)(H,23,25). The number of benzene rings is 2. The topological polar surface area (TPSA) is 97.2 Å². The van der Waals surface area contributed by atoms with E-state index in [1.807, 2.05) is 11.4 Å². The summed E-state index contributed by atoms with van der Waals surface area (Å²) in [7, 11) is 1.57. The molecule has 0 radical (unpaired) electrons. The summed E-state index contributed by atoms with van der Waals surface area (Å²) in [4.78, 5) is 30.7. The van der Waals surface area contributed by atoms with E-state index in [2.05, 4.69) is 15.3 Å². The number of carbonyl (C=O) groups is 1. The summed E-state index contributed by atoms with van der Waals surface area (Å²) in [5.74, 6) is 0.0222. The van der Waals surface area contributed by atoms with E-state index < -0.39 is 5.76 Å². The number of methoxy groups -OCH3 is 1. The lowest BCUT2D eigenvalue weighted by Gasteiger charge is -2.05. The van der Waals surface area contributed by atoms with Gasteiger partial charge in [0.15, 0.2) is 5.58 Å². The van der Waals surface area contributed by atoms with Crippen LogP contribution >= 0.6 is 11.3 Å². The predicted molar refractivity (Wildman–Crippen MR) is 107 cm³/mol. The van der Waals surface area contributed by atoms with E-state index in [4.69, 9.17) is 9.15 Å². The molecule has 0 aliphatic carbocycles. The van der Waals surface area contributed by atoms with Crippen LogP contribution in [0.1, 0.15) is 15.4 Å². The highest BCUT2D eigenvalue weighted by atomic mass is 32.1. The lowest BCUT2D eigenvalue weighted by Crippen LogP contribution is -2.25. The van der Waals surface area contributed by atoms with E-state index >= 15 is 0 Å². The van der Waals surface area contributed by atoms with Crippen LogP contribution in [0.15, 0.2) is 57.1 Å². The fourth-order valence-corrected chi connectivity index (χ4v) is 3.62. The van der Waals surface area contributed by atoms with Crippen LogP contribution in [0.3, 0.4) is 0 Å². The number of nitrogens with one attached hydrogen (secondary N) is 2. The number of hydrogen-bond acceptors (Lipinski definition) is 6. The number of ether oxygens (including phenoxy) is 1. The van der Waals surface area contributed by atoms with Crippen molar-refractivity contribution in [1.29, 1.82) is 0 Å². The summed E-state index contributed by atoms with van der Waals surface area (Å²) in [6.07, 6.45) is 0.627. The van der Waals surface area contributed by atoms with Crippen molar-refractivity contribution < 1.29 is 13.9 Å². The van der Waals surface area contributed by atoms with Crippen LogP contribution in [0.4, 0.5) is 0 Å². The minimum Gasteiger partial charge on any atom is -0.497 e. The molecule has 4 aromatic rings. The lowest BCUT2D eigenvalue weighted by molar-refractivity contribution is 0.0954. The lowest BCUT2D eigenvalue weighted by atomic mass is 10.1. The molecule has 0 saturated carbocycles. The van der Waals surface area contributed by atoms with Crippen molar-refractivity contribution in [3.8, 4) is 17.0 Å². The summed E-state index contributed by atoms with van der Waals surface area (Å²) in [6.45, 7) is 0.481. The molecular weight excluding hydrogens is 378 g/mol. The van der Waals surface area contributed by atoms with Crippen LogP contribution in [0.2, 0.25) is 0 Å². The molecule has 0 aliphatic rings. The first-order valence-corrected chi connectivity index (χ1v) is 9.50. The summed E-state index contributed by atoms with van der Waals surface area (Å²) in [5, 5.41) is 5.76. The number of nitrogens with zero attached hydrogens (tertiary/aromatic N) is 1. The average molecular weight is 395 g/mol. The van der Waals surface area contributed by atoms with Crippen molar-refractivity contribution in [2.75, 3.05) is 13.7 Å². The van der Waals surface area contributed by atoms with Gasteiger partial charge in [0.1, 0.15) is 5.75 Å². The molecule has 2 aromatic heterocycles. The maximum Gasteiger partial charge on any atom is 0.417 e. The zero-order chi connectivity index (χ0) is 19.5. The second kappa shape index (κ2) is 7.69. The van der Waals surface area contributed by atoms with E-state index in [-0.39, 0.29) is 5.91 Å². The summed E-state index contributed by atoms with van der Waals surface area (Å²) in [5.41, 5.74) is 3.40. The quantitative estimate of drug-likeness (QED) is 0.522. The van der Waals surface area contributed by atoms with Crippen molar-refractivity contribution in [1.82, 2.24) is 15.3 Å². The highest BCUT2D eigenvalue weighted by Crippen LogP contribution is 2.25. The Bertz CT molecular complexity index is 1190. The largest absolute Gasteiger partial charge is 0.497 e. The molecule has 2 heterocycles. The van der Waals surface area contributed by atoms with Crippen molar-refractivity contribution in [3.63, 3.8) is 0 Å². The number of aromatic nitrogens is 2. The first kappa shape index (κ1) is 18.0. The van der Waals surface area contributed by atoms with Gasteiger partial charge in [-0.1, -0.05) is 12.1 Å². The summed E-state index contributed by atoms with van der Waals surface area (Å²) in [6, 6.07) is 12.5. The number of thiazole rings is 1. The van der Waals surface area contributed by atoms with Crippen LogP contribution in [0.25, 0.3) is 22.4 Å². The zero-order valence-electron chi connectivity index (χ0n) is 15.0. The third-order valence-electron chi connectivity index (χ3n) is 4.22. The second-order valence-electron chi connectivity index (χ2n) is 6.09. The van der Waals surface area contributed by atoms with Gasteiger partial charge < -0.3 is 14.5 Å². The number of H-pyrrole nitrogens is 1. The van der Waals surface area contributed by atoms with Crippen LogP contribution in [-0.2, 0) is 6.42 Å². The Kier molecular flexibility index (Phi) is 4.94. The van der Waals surface area contributed by atoms with Crippen LogP contribution in [-0.4, -0.2) is 29.5 Å². The Morgan fingerprint density at radius 1 is 1.29 bits per heavy atom. The van der Waals surface area contributed by atoms with Crippen LogP contribution < -0.4 is 15.8 Å². The average Bonchev–Trinajstić information content (AvgIpc) is 3.32. The van der Waals surface area contributed by atoms with E-state index in [1.165, 1.54) is 11.3 Å². The van der Waals surface area contributed by atoms with Crippen molar-refractivity contribution >= 4 is 28.3 Å². The molecule has 28 heavy (non-hydrogen) atoms. The fraction of sp³-hybridized carbons (Fsp3) is 0.150. The fourth-order valence-electron chi connectivity index (χ4n) is 2.81.